The van der Waals surface area contributed by atoms with E-state index in [-0.39, 0.29) is 0 Å². The summed E-state index contributed by atoms with van der Waals surface area (Å²) in [6.45, 7) is 0.897. The van der Waals surface area contributed by atoms with Gasteiger partial charge in [0.25, 0.3) is 0 Å². The maximum absolute atomic E-state index is 4.75. The van der Waals surface area contributed by atoms with Crippen LogP contribution in [0.5, 0.6) is 0 Å². The topological polar surface area (TPSA) is 22.1 Å². The monoisotopic (exact) mass is 438 g/mol. The summed E-state index contributed by atoms with van der Waals surface area (Å²) in [6.07, 6.45) is 0. The number of rotatable bonds is 3. The fraction of sp³-hybridized carbons (Fsp3) is 0.500. The summed E-state index contributed by atoms with van der Waals surface area (Å²) >= 11 is 5.87. The van der Waals surface area contributed by atoms with Gasteiger partial charge in [-0.1, -0.05) is 18.2 Å². The number of guanidine groups is 1. The van der Waals surface area contributed by atoms with Crippen LogP contribution in [-0.2, 0) is 19.3 Å². The molecule has 0 aromatic heterocycles. The molecular weight excluding hydrogens is 415 g/mol. The Bertz CT molecular complexity index is 409. The zero-order chi connectivity index (χ0) is 15.7. The van der Waals surface area contributed by atoms with Crippen molar-refractivity contribution in [1.82, 2.24) is 14.7 Å². The van der Waals surface area contributed by atoms with Crippen LogP contribution < -0.4 is 0 Å². The second-order valence-electron chi connectivity index (χ2n) is 5.07. The fourth-order valence-electron chi connectivity index (χ4n) is 1.80. The maximum atomic E-state index is 4.75. The van der Waals surface area contributed by atoms with E-state index in [1.807, 2.05) is 44.1 Å². The molecule has 1 rings (SSSR count). The molecule has 0 fully saturated rings. The van der Waals surface area contributed by atoms with Crippen molar-refractivity contribution in [2.45, 2.75) is 6.54 Å². The number of nitrogens with zero attached hydrogens (tertiary/aromatic N) is 4. The van der Waals surface area contributed by atoms with Gasteiger partial charge >= 0.3 is 33.1 Å². The Morgan fingerprint density at radius 3 is 1.95 bits per heavy atom. The van der Waals surface area contributed by atoms with Gasteiger partial charge in [0.2, 0.25) is 5.96 Å². The van der Waals surface area contributed by atoms with E-state index >= 15 is 0 Å². The molecule has 0 saturated carbocycles. The van der Waals surface area contributed by atoms with Crippen LogP contribution in [0, 0.1) is 0 Å². The molecule has 0 heterocycles. The third-order valence-electron chi connectivity index (χ3n) is 2.50. The standard InChI is InChI=1S/C14H24N4.Cu.HI/c1-16(2)11-12-9-7-8-10-13(12)15-14(17(3)4)18(5)6;;/h7-10H,11H2,1-6H3;;1H/q;+1;/p-1. The van der Waals surface area contributed by atoms with Gasteiger partial charge in [0.15, 0.2) is 0 Å². The predicted molar refractivity (Wildman–Crippen MR) is 92.3 cm³/mol. The molecule has 0 spiro atoms. The van der Waals surface area contributed by atoms with Gasteiger partial charge in [0.05, 0.1) is 5.69 Å². The predicted octanol–water partition coefficient (Wildman–Crippen LogP) is 2.74. The zero-order valence-corrected chi connectivity index (χ0v) is 16.1. The van der Waals surface area contributed by atoms with Crippen LogP contribution in [0.2, 0.25) is 0 Å². The summed E-state index contributed by atoms with van der Waals surface area (Å²) in [4.78, 5) is 10.9. The Kier molecular flexibility index (Phi) is 10.3. The first kappa shape index (κ1) is 19.7. The summed E-state index contributed by atoms with van der Waals surface area (Å²) in [5, 5.41) is 0. The van der Waals surface area contributed by atoms with E-state index in [4.69, 9.17) is 4.99 Å². The SMILES string of the molecule is CN(C)Cc1ccccc1N=C(N(C)C)N(C)C.[Cu][I]. The molecule has 0 aliphatic rings. The summed E-state index contributed by atoms with van der Waals surface area (Å²) in [5.41, 5.74) is 2.27. The number of hydrogen-bond donors (Lipinski definition) is 0. The van der Waals surface area contributed by atoms with Crippen LogP contribution >= 0.6 is 20.3 Å². The van der Waals surface area contributed by atoms with E-state index in [1.54, 1.807) is 20.3 Å². The summed E-state index contributed by atoms with van der Waals surface area (Å²) in [6, 6.07) is 8.28. The van der Waals surface area contributed by atoms with Crippen LogP contribution in [-0.4, -0.2) is 62.9 Å². The van der Waals surface area contributed by atoms with Crippen LogP contribution in [0.25, 0.3) is 0 Å². The Morgan fingerprint density at radius 1 is 1.00 bits per heavy atom. The Hall–Kier alpha value is -0.301. The average Bonchev–Trinajstić information content (AvgIpc) is 2.38. The molecule has 0 radical (unpaired) electrons. The molecule has 1 aromatic rings. The molecule has 0 N–H and O–H groups in total. The second kappa shape index (κ2) is 10.4. The van der Waals surface area contributed by atoms with Gasteiger partial charge in [-0.2, -0.15) is 0 Å². The number of benzene rings is 1. The van der Waals surface area contributed by atoms with Gasteiger partial charge in [-0.05, 0) is 25.7 Å². The summed E-state index contributed by atoms with van der Waals surface area (Å²) in [7, 11) is 12.2. The van der Waals surface area contributed by atoms with E-state index in [0.717, 1.165) is 18.2 Å². The second-order valence-corrected chi connectivity index (χ2v) is 5.07. The van der Waals surface area contributed by atoms with Crippen LogP contribution in [0.15, 0.2) is 29.3 Å². The van der Waals surface area contributed by atoms with Crippen molar-refractivity contribution in [1.29, 1.82) is 0 Å². The summed E-state index contributed by atoms with van der Waals surface area (Å²) < 4.78 is 0. The Balaban J connectivity index is 0.00000172. The molecule has 20 heavy (non-hydrogen) atoms. The van der Waals surface area contributed by atoms with Crippen molar-refractivity contribution < 1.29 is 12.8 Å². The third kappa shape index (κ3) is 6.92. The van der Waals surface area contributed by atoms with Crippen LogP contribution in [0.1, 0.15) is 5.56 Å². The Labute approximate surface area is 142 Å². The molecule has 4 nitrogen and oxygen atoms in total. The number of hydrogen-bond acceptors (Lipinski definition) is 2. The number of halogens is 1. The first-order valence-electron chi connectivity index (χ1n) is 6.19. The van der Waals surface area contributed by atoms with E-state index in [9.17, 15) is 0 Å². The minimum absolute atomic E-state index is 0.897. The molecule has 0 saturated heterocycles. The van der Waals surface area contributed by atoms with Gasteiger partial charge in [0, 0.05) is 34.7 Å². The van der Waals surface area contributed by atoms with E-state index < -0.39 is 0 Å². The average molecular weight is 439 g/mol. The number of para-hydroxylation sites is 1. The van der Waals surface area contributed by atoms with Gasteiger partial charge in [-0.25, -0.2) is 4.99 Å². The normalized spacial score (nSPS) is 9.70. The molecule has 6 heteroatoms. The molecule has 0 aliphatic heterocycles. The van der Waals surface area contributed by atoms with Crippen molar-refractivity contribution in [3.05, 3.63) is 29.8 Å². The molecule has 0 amide bonds. The van der Waals surface area contributed by atoms with Crippen LogP contribution in [0.3, 0.4) is 0 Å². The molecule has 118 valence electrons. The van der Waals surface area contributed by atoms with Gasteiger partial charge in [-0.3, -0.25) is 0 Å². The molecular formula is C14H24CuIN4. The van der Waals surface area contributed by atoms with Gasteiger partial charge in [0.1, 0.15) is 0 Å². The quantitative estimate of drug-likeness (QED) is 0.313. The molecule has 0 aliphatic carbocycles. The van der Waals surface area contributed by atoms with E-state index in [2.05, 4.69) is 50.0 Å². The van der Waals surface area contributed by atoms with Crippen molar-refractivity contribution in [3.63, 3.8) is 0 Å². The van der Waals surface area contributed by atoms with Crippen molar-refractivity contribution >= 4 is 32.0 Å². The van der Waals surface area contributed by atoms with E-state index in [0.29, 0.717) is 0 Å². The van der Waals surface area contributed by atoms with E-state index in [1.165, 1.54) is 5.56 Å². The zero-order valence-electron chi connectivity index (χ0n) is 13.0. The van der Waals surface area contributed by atoms with Crippen molar-refractivity contribution in [3.8, 4) is 0 Å². The van der Waals surface area contributed by atoms with Gasteiger partial charge < -0.3 is 14.7 Å². The molecule has 0 unspecified atom stereocenters. The third-order valence-corrected chi connectivity index (χ3v) is 2.50. The molecule has 0 atom stereocenters. The first-order valence-corrected chi connectivity index (χ1v) is 9.23. The molecule has 1 aromatic carbocycles. The van der Waals surface area contributed by atoms with Crippen molar-refractivity contribution in [2.24, 2.45) is 4.99 Å². The number of aliphatic imine (C=N–C) groups is 1. The minimum atomic E-state index is 0.897. The van der Waals surface area contributed by atoms with Gasteiger partial charge in [-0.15, -0.1) is 0 Å². The Morgan fingerprint density at radius 2 is 1.50 bits per heavy atom. The summed E-state index contributed by atoms with van der Waals surface area (Å²) in [5.74, 6) is 0.946. The first-order chi connectivity index (χ1) is 9.41. The van der Waals surface area contributed by atoms with Crippen LogP contribution in [0.4, 0.5) is 5.69 Å². The molecule has 0 bridgehead atoms. The fourth-order valence-corrected chi connectivity index (χ4v) is 1.80. The van der Waals surface area contributed by atoms with Crippen molar-refractivity contribution in [2.75, 3.05) is 42.3 Å².